The number of morpholine rings is 1. The molecule has 3 atom stereocenters. The van der Waals surface area contributed by atoms with Gasteiger partial charge in [-0.15, -0.1) is 0 Å². The van der Waals surface area contributed by atoms with E-state index in [9.17, 15) is 4.39 Å². The molecule has 0 saturated carbocycles. The Bertz CT molecular complexity index is 369. The molecule has 2 rings (SSSR count). The third kappa shape index (κ3) is 2.11. The van der Waals surface area contributed by atoms with Crippen LogP contribution >= 0.6 is 0 Å². The molecule has 1 fully saturated rings. The summed E-state index contributed by atoms with van der Waals surface area (Å²) in [6, 6.07) is 7.37. The maximum atomic E-state index is 13.2. The van der Waals surface area contributed by atoms with Crippen molar-refractivity contribution in [3.63, 3.8) is 0 Å². The minimum Gasteiger partial charge on any atom is -0.370 e. The number of hydrogen-bond donors (Lipinski definition) is 0. The first-order chi connectivity index (χ1) is 7.59. The quantitative estimate of drug-likeness (QED) is 0.725. The van der Waals surface area contributed by atoms with Gasteiger partial charge in [0.25, 0.3) is 0 Å². The lowest BCUT2D eigenvalue weighted by Crippen LogP contribution is -2.48. The summed E-state index contributed by atoms with van der Waals surface area (Å²) in [6.45, 7) is 4.95. The Kier molecular flexibility index (Phi) is 3.26. The Labute approximate surface area is 96.0 Å². The van der Waals surface area contributed by atoms with Crippen LogP contribution in [0.4, 0.5) is 4.39 Å². The highest BCUT2D eigenvalue weighted by Crippen LogP contribution is 2.29. The summed E-state index contributed by atoms with van der Waals surface area (Å²) in [5.41, 5.74) is 0.922. The lowest BCUT2D eigenvalue weighted by Gasteiger charge is -2.41. The van der Waals surface area contributed by atoms with E-state index in [4.69, 9.17) is 4.74 Å². The second kappa shape index (κ2) is 4.52. The fraction of sp³-hybridized carbons (Fsp3) is 0.538. The lowest BCUT2D eigenvalue weighted by molar-refractivity contribution is -0.0853. The number of rotatable bonds is 1. The standard InChI is InChI=1S/C13H18FNO/c1-9-8-16-13(10(2)15(9)3)11-5-4-6-12(14)7-11/h4-7,9-10,13H,8H2,1-3H3/t9-,10+,13-/m1/s1. The van der Waals surface area contributed by atoms with Gasteiger partial charge in [-0.3, -0.25) is 4.90 Å². The summed E-state index contributed by atoms with van der Waals surface area (Å²) in [5, 5.41) is 0. The third-order valence-corrected chi connectivity index (χ3v) is 3.47. The van der Waals surface area contributed by atoms with Crippen molar-refractivity contribution in [2.45, 2.75) is 32.0 Å². The number of nitrogens with zero attached hydrogens (tertiary/aromatic N) is 1. The molecule has 1 saturated heterocycles. The first-order valence-electron chi connectivity index (χ1n) is 5.68. The van der Waals surface area contributed by atoms with Gasteiger partial charge in [0.2, 0.25) is 0 Å². The first-order valence-corrected chi connectivity index (χ1v) is 5.68. The van der Waals surface area contributed by atoms with Crippen LogP contribution in [0.1, 0.15) is 25.5 Å². The number of hydrogen-bond acceptors (Lipinski definition) is 2. The molecular weight excluding hydrogens is 205 g/mol. The van der Waals surface area contributed by atoms with Gasteiger partial charge in [0, 0.05) is 12.1 Å². The molecule has 1 aromatic rings. The molecule has 0 spiro atoms. The summed E-state index contributed by atoms with van der Waals surface area (Å²) in [7, 11) is 2.09. The van der Waals surface area contributed by atoms with E-state index in [-0.39, 0.29) is 18.0 Å². The molecule has 16 heavy (non-hydrogen) atoms. The van der Waals surface area contributed by atoms with Gasteiger partial charge >= 0.3 is 0 Å². The minimum atomic E-state index is -0.199. The van der Waals surface area contributed by atoms with E-state index in [1.165, 1.54) is 6.07 Å². The van der Waals surface area contributed by atoms with Crippen LogP contribution in [-0.4, -0.2) is 30.6 Å². The van der Waals surface area contributed by atoms with E-state index in [1.807, 2.05) is 6.07 Å². The van der Waals surface area contributed by atoms with E-state index >= 15 is 0 Å². The molecule has 0 radical (unpaired) electrons. The Balaban J connectivity index is 2.21. The molecule has 3 heteroatoms. The normalized spacial score (nSPS) is 31.6. The van der Waals surface area contributed by atoms with Crippen LogP contribution in [0.2, 0.25) is 0 Å². The second-order valence-electron chi connectivity index (χ2n) is 4.56. The Morgan fingerprint density at radius 2 is 2.12 bits per heavy atom. The highest BCUT2D eigenvalue weighted by molar-refractivity contribution is 5.20. The smallest absolute Gasteiger partial charge is 0.123 e. The Morgan fingerprint density at radius 3 is 2.81 bits per heavy atom. The number of likely N-dealkylation sites (N-methyl/N-ethyl adjacent to an activating group) is 1. The molecule has 0 unspecified atom stereocenters. The lowest BCUT2D eigenvalue weighted by atomic mass is 9.99. The predicted molar refractivity (Wildman–Crippen MR) is 61.8 cm³/mol. The molecule has 1 aliphatic rings. The summed E-state index contributed by atoms with van der Waals surface area (Å²) < 4.78 is 19.0. The molecule has 2 nitrogen and oxygen atoms in total. The van der Waals surface area contributed by atoms with Gasteiger partial charge in [-0.1, -0.05) is 12.1 Å². The zero-order valence-corrected chi connectivity index (χ0v) is 9.98. The van der Waals surface area contributed by atoms with Crippen molar-refractivity contribution in [3.05, 3.63) is 35.6 Å². The zero-order chi connectivity index (χ0) is 11.7. The Morgan fingerprint density at radius 1 is 1.38 bits per heavy atom. The highest BCUT2D eigenvalue weighted by atomic mass is 19.1. The molecular formula is C13H18FNO. The number of halogens is 1. The van der Waals surface area contributed by atoms with Gasteiger partial charge in [-0.25, -0.2) is 4.39 Å². The van der Waals surface area contributed by atoms with E-state index in [0.29, 0.717) is 12.6 Å². The van der Waals surface area contributed by atoms with Crippen LogP contribution in [0.25, 0.3) is 0 Å². The Hall–Kier alpha value is -0.930. The van der Waals surface area contributed by atoms with Gasteiger partial charge in [0.15, 0.2) is 0 Å². The number of ether oxygens (including phenoxy) is 1. The third-order valence-electron chi connectivity index (χ3n) is 3.47. The van der Waals surface area contributed by atoms with Gasteiger partial charge in [0.1, 0.15) is 5.82 Å². The van der Waals surface area contributed by atoms with Crippen LogP contribution < -0.4 is 0 Å². The van der Waals surface area contributed by atoms with Crippen molar-refractivity contribution < 1.29 is 9.13 Å². The van der Waals surface area contributed by atoms with Crippen LogP contribution in [0.5, 0.6) is 0 Å². The topological polar surface area (TPSA) is 12.5 Å². The SMILES string of the molecule is C[C@@H]1CO[C@@H](c2cccc(F)c2)[C@H](C)N1C. The largest absolute Gasteiger partial charge is 0.370 e. The maximum Gasteiger partial charge on any atom is 0.123 e. The van der Waals surface area contributed by atoms with E-state index in [1.54, 1.807) is 12.1 Å². The van der Waals surface area contributed by atoms with Crippen molar-refractivity contribution in [1.29, 1.82) is 0 Å². The number of benzene rings is 1. The molecule has 1 aliphatic heterocycles. The maximum absolute atomic E-state index is 13.2. The predicted octanol–water partition coefficient (Wildman–Crippen LogP) is 2.61. The molecule has 88 valence electrons. The van der Waals surface area contributed by atoms with Gasteiger partial charge in [-0.2, -0.15) is 0 Å². The second-order valence-corrected chi connectivity index (χ2v) is 4.56. The van der Waals surface area contributed by atoms with Crippen molar-refractivity contribution in [3.8, 4) is 0 Å². The van der Waals surface area contributed by atoms with Crippen LogP contribution in [-0.2, 0) is 4.74 Å². The van der Waals surface area contributed by atoms with Crippen molar-refractivity contribution >= 4 is 0 Å². The minimum absolute atomic E-state index is 0.0306. The van der Waals surface area contributed by atoms with E-state index in [0.717, 1.165) is 5.56 Å². The summed E-state index contributed by atoms with van der Waals surface area (Å²) >= 11 is 0. The molecule has 0 N–H and O–H groups in total. The first kappa shape index (κ1) is 11.6. The molecule has 0 aromatic heterocycles. The fourth-order valence-corrected chi connectivity index (χ4v) is 2.17. The van der Waals surface area contributed by atoms with Crippen molar-refractivity contribution in [2.75, 3.05) is 13.7 Å². The van der Waals surface area contributed by atoms with Gasteiger partial charge < -0.3 is 4.74 Å². The van der Waals surface area contributed by atoms with Crippen LogP contribution in [0.15, 0.2) is 24.3 Å². The average molecular weight is 223 g/mol. The molecule has 0 amide bonds. The van der Waals surface area contributed by atoms with Gasteiger partial charge in [0.05, 0.1) is 12.7 Å². The molecule has 1 heterocycles. The summed E-state index contributed by atoms with van der Waals surface area (Å²) in [5.74, 6) is -0.199. The zero-order valence-electron chi connectivity index (χ0n) is 9.98. The van der Waals surface area contributed by atoms with Gasteiger partial charge in [-0.05, 0) is 38.6 Å². The molecule has 0 aliphatic carbocycles. The fourth-order valence-electron chi connectivity index (χ4n) is 2.17. The highest BCUT2D eigenvalue weighted by Gasteiger charge is 2.31. The van der Waals surface area contributed by atoms with Crippen molar-refractivity contribution in [1.82, 2.24) is 4.90 Å². The summed E-state index contributed by atoms with van der Waals surface area (Å²) in [4.78, 5) is 2.28. The van der Waals surface area contributed by atoms with E-state index < -0.39 is 0 Å². The van der Waals surface area contributed by atoms with Crippen LogP contribution in [0, 0.1) is 5.82 Å². The van der Waals surface area contributed by atoms with E-state index in [2.05, 4.69) is 25.8 Å². The van der Waals surface area contributed by atoms with Crippen molar-refractivity contribution in [2.24, 2.45) is 0 Å². The average Bonchev–Trinajstić information content (AvgIpc) is 2.26. The molecule has 1 aromatic carbocycles. The molecule has 0 bridgehead atoms. The monoisotopic (exact) mass is 223 g/mol. The van der Waals surface area contributed by atoms with Crippen LogP contribution in [0.3, 0.4) is 0 Å². The summed E-state index contributed by atoms with van der Waals surface area (Å²) in [6.07, 6.45) is -0.0306.